The Hall–Kier alpha value is -3.28. The lowest BCUT2D eigenvalue weighted by atomic mass is 10.1. The van der Waals surface area contributed by atoms with Crippen LogP contribution >= 0.6 is 0 Å². The third-order valence-corrected chi connectivity index (χ3v) is 4.72. The van der Waals surface area contributed by atoms with Crippen LogP contribution in [0.1, 0.15) is 34.0 Å². The third-order valence-electron chi connectivity index (χ3n) is 4.72. The van der Waals surface area contributed by atoms with Crippen LogP contribution in [0.3, 0.4) is 0 Å². The van der Waals surface area contributed by atoms with Crippen molar-refractivity contribution >= 4 is 22.5 Å². The van der Waals surface area contributed by atoms with Gasteiger partial charge in [0.15, 0.2) is 0 Å². The first-order valence-electron chi connectivity index (χ1n) is 9.06. The fraction of sp³-hybridized carbons (Fsp3) is 0.238. The van der Waals surface area contributed by atoms with Gasteiger partial charge in [-0.15, -0.1) is 0 Å². The number of amides is 1. The molecule has 4 rings (SSSR count). The number of rotatable bonds is 5. The van der Waals surface area contributed by atoms with E-state index in [0.717, 1.165) is 46.6 Å². The highest BCUT2D eigenvalue weighted by Gasteiger charge is 2.09. The number of carbonyl (C=O) groups excluding carboxylic acids is 1. The normalized spacial score (nSPS) is 11.2. The molecule has 0 radical (unpaired) electrons. The molecule has 1 N–H and O–H groups in total. The summed E-state index contributed by atoms with van der Waals surface area (Å²) in [5, 5.41) is 2.98. The van der Waals surface area contributed by atoms with Crippen molar-refractivity contribution in [2.45, 2.75) is 26.7 Å². The Kier molecular flexibility index (Phi) is 4.54. The number of hydrogen-bond donors (Lipinski definition) is 1. The van der Waals surface area contributed by atoms with Crippen LogP contribution in [-0.4, -0.2) is 31.8 Å². The molecule has 4 aromatic rings. The number of imidazole rings is 1. The van der Waals surface area contributed by atoms with Crippen LogP contribution in [0.4, 0.5) is 0 Å². The second-order valence-corrected chi connectivity index (χ2v) is 6.63. The van der Waals surface area contributed by atoms with Crippen LogP contribution in [0.2, 0.25) is 0 Å². The van der Waals surface area contributed by atoms with Gasteiger partial charge in [-0.05, 0) is 50.6 Å². The standard InChI is InChI=1S/C21H21N5O/c1-14-15(2)25-19-12-16(8-9-18(19)24-14)21(27)22-10-5-7-20-23-13-17-6-3-4-11-26(17)20/h3-4,6,8-9,11-13H,5,7,10H2,1-2H3,(H,22,27). The molecule has 0 fully saturated rings. The Labute approximate surface area is 157 Å². The topological polar surface area (TPSA) is 72.2 Å². The van der Waals surface area contributed by atoms with E-state index in [-0.39, 0.29) is 5.91 Å². The van der Waals surface area contributed by atoms with Gasteiger partial charge in [-0.2, -0.15) is 0 Å². The summed E-state index contributed by atoms with van der Waals surface area (Å²) in [6.45, 7) is 4.45. The van der Waals surface area contributed by atoms with Crippen LogP contribution in [0.15, 0.2) is 48.8 Å². The van der Waals surface area contributed by atoms with E-state index in [4.69, 9.17) is 0 Å². The molecular formula is C21H21N5O. The minimum Gasteiger partial charge on any atom is -0.352 e. The summed E-state index contributed by atoms with van der Waals surface area (Å²) in [6, 6.07) is 11.5. The molecule has 0 saturated carbocycles. The first-order chi connectivity index (χ1) is 13.1. The van der Waals surface area contributed by atoms with E-state index in [1.165, 1.54) is 0 Å². The van der Waals surface area contributed by atoms with Crippen molar-refractivity contribution in [3.8, 4) is 0 Å². The fourth-order valence-electron chi connectivity index (χ4n) is 3.11. The van der Waals surface area contributed by atoms with Gasteiger partial charge in [0, 0.05) is 24.7 Å². The molecule has 3 aromatic heterocycles. The zero-order valence-corrected chi connectivity index (χ0v) is 15.4. The van der Waals surface area contributed by atoms with E-state index in [9.17, 15) is 4.79 Å². The van der Waals surface area contributed by atoms with Crippen LogP contribution in [0.5, 0.6) is 0 Å². The average Bonchev–Trinajstić information content (AvgIpc) is 3.09. The van der Waals surface area contributed by atoms with E-state index in [0.29, 0.717) is 12.1 Å². The average molecular weight is 359 g/mol. The van der Waals surface area contributed by atoms with E-state index >= 15 is 0 Å². The highest BCUT2D eigenvalue weighted by atomic mass is 16.1. The van der Waals surface area contributed by atoms with Crippen LogP contribution in [-0.2, 0) is 6.42 Å². The van der Waals surface area contributed by atoms with Gasteiger partial charge in [-0.3, -0.25) is 4.79 Å². The smallest absolute Gasteiger partial charge is 0.251 e. The molecular weight excluding hydrogens is 338 g/mol. The molecule has 1 aromatic carbocycles. The summed E-state index contributed by atoms with van der Waals surface area (Å²) in [7, 11) is 0. The number of nitrogens with one attached hydrogen (secondary N) is 1. The van der Waals surface area contributed by atoms with Crippen LogP contribution in [0.25, 0.3) is 16.6 Å². The van der Waals surface area contributed by atoms with E-state index in [1.54, 1.807) is 12.1 Å². The minimum atomic E-state index is -0.0927. The lowest BCUT2D eigenvalue weighted by molar-refractivity contribution is 0.0953. The Morgan fingerprint density at radius 2 is 1.89 bits per heavy atom. The summed E-state index contributed by atoms with van der Waals surface area (Å²) >= 11 is 0. The van der Waals surface area contributed by atoms with Crippen molar-refractivity contribution in [1.82, 2.24) is 24.7 Å². The number of aromatic nitrogens is 4. The molecule has 0 saturated heterocycles. The Balaban J connectivity index is 1.38. The Bertz CT molecular complexity index is 1130. The monoisotopic (exact) mass is 359 g/mol. The summed E-state index contributed by atoms with van der Waals surface area (Å²) < 4.78 is 2.08. The van der Waals surface area contributed by atoms with Gasteiger partial charge in [0.05, 0.1) is 34.1 Å². The zero-order chi connectivity index (χ0) is 18.8. The van der Waals surface area contributed by atoms with Crippen LogP contribution in [0, 0.1) is 13.8 Å². The maximum atomic E-state index is 12.4. The number of nitrogens with zero attached hydrogens (tertiary/aromatic N) is 4. The van der Waals surface area contributed by atoms with Crippen molar-refractivity contribution in [1.29, 1.82) is 0 Å². The lowest BCUT2D eigenvalue weighted by Crippen LogP contribution is -2.25. The van der Waals surface area contributed by atoms with E-state index < -0.39 is 0 Å². The van der Waals surface area contributed by atoms with Crippen molar-refractivity contribution in [3.05, 3.63) is 71.6 Å². The quantitative estimate of drug-likeness (QED) is 0.555. The summed E-state index contributed by atoms with van der Waals surface area (Å²) in [6.07, 6.45) is 5.51. The maximum absolute atomic E-state index is 12.4. The molecule has 0 aliphatic rings. The van der Waals surface area contributed by atoms with Gasteiger partial charge in [0.25, 0.3) is 5.91 Å². The fourth-order valence-corrected chi connectivity index (χ4v) is 3.11. The minimum absolute atomic E-state index is 0.0927. The molecule has 0 atom stereocenters. The molecule has 0 unspecified atom stereocenters. The predicted octanol–water partition coefficient (Wildman–Crippen LogP) is 3.26. The number of fused-ring (bicyclic) bond motifs is 2. The maximum Gasteiger partial charge on any atom is 0.251 e. The summed E-state index contributed by atoms with van der Waals surface area (Å²) in [5.74, 6) is 0.913. The molecule has 0 aliphatic carbocycles. The second kappa shape index (κ2) is 7.15. The van der Waals surface area contributed by atoms with Crippen molar-refractivity contribution in [3.63, 3.8) is 0 Å². The van der Waals surface area contributed by atoms with Crippen molar-refractivity contribution in [2.24, 2.45) is 0 Å². The summed E-state index contributed by atoms with van der Waals surface area (Å²) in [4.78, 5) is 25.9. The van der Waals surface area contributed by atoms with Crippen molar-refractivity contribution in [2.75, 3.05) is 6.54 Å². The van der Waals surface area contributed by atoms with Gasteiger partial charge in [-0.1, -0.05) is 6.07 Å². The lowest BCUT2D eigenvalue weighted by Gasteiger charge is -2.07. The molecule has 136 valence electrons. The SMILES string of the molecule is Cc1nc2ccc(C(=O)NCCCc3ncc4ccccn34)cc2nc1C. The summed E-state index contributed by atoms with van der Waals surface area (Å²) in [5.41, 5.74) is 5.03. The number of pyridine rings is 1. The first kappa shape index (κ1) is 17.1. The van der Waals surface area contributed by atoms with E-state index in [2.05, 4.69) is 24.7 Å². The highest BCUT2D eigenvalue weighted by Crippen LogP contribution is 2.14. The predicted molar refractivity (Wildman–Crippen MR) is 105 cm³/mol. The number of aryl methyl sites for hydroxylation is 3. The molecule has 27 heavy (non-hydrogen) atoms. The Morgan fingerprint density at radius 1 is 1.07 bits per heavy atom. The van der Waals surface area contributed by atoms with Gasteiger partial charge < -0.3 is 9.72 Å². The third kappa shape index (κ3) is 3.51. The molecule has 1 amide bonds. The molecule has 6 heteroatoms. The first-order valence-corrected chi connectivity index (χ1v) is 9.06. The van der Waals surface area contributed by atoms with Gasteiger partial charge >= 0.3 is 0 Å². The van der Waals surface area contributed by atoms with Gasteiger partial charge in [0.2, 0.25) is 0 Å². The van der Waals surface area contributed by atoms with Crippen LogP contribution < -0.4 is 5.32 Å². The van der Waals surface area contributed by atoms with Gasteiger partial charge in [-0.25, -0.2) is 15.0 Å². The number of carbonyl (C=O) groups is 1. The zero-order valence-electron chi connectivity index (χ0n) is 15.4. The number of hydrogen-bond acceptors (Lipinski definition) is 4. The molecule has 0 aliphatic heterocycles. The molecule has 0 bridgehead atoms. The Morgan fingerprint density at radius 3 is 2.74 bits per heavy atom. The highest BCUT2D eigenvalue weighted by molar-refractivity contribution is 5.97. The molecule has 3 heterocycles. The van der Waals surface area contributed by atoms with Crippen molar-refractivity contribution < 1.29 is 4.79 Å². The second-order valence-electron chi connectivity index (χ2n) is 6.63. The van der Waals surface area contributed by atoms with E-state index in [1.807, 2.05) is 50.5 Å². The van der Waals surface area contributed by atoms with Gasteiger partial charge in [0.1, 0.15) is 5.82 Å². The number of benzene rings is 1. The molecule has 0 spiro atoms. The molecule has 6 nitrogen and oxygen atoms in total. The largest absolute Gasteiger partial charge is 0.352 e.